The largest absolute Gasteiger partial charge is 0.386 e. The van der Waals surface area contributed by atoms with Crippen LogP contribution in [0.2, 0.25) is 4.34 Å². The normalized spacial score (nSPS) is 13.8. The number of likely N-dealkylation sites (N-methyl/N-ethyl adjacent to an activating group) is 1. The zero-order valence-corrected chi connectivity index (χ0v) is 19.8. The van der Waals surface area contributed by atoms with E-state index in [0.29, 0.717) is 23.4 Å². The fraction of sp³-hybridized carbons (Fsp3) is 0.421. The van der Waals surface area contributed by atoms with E-state index in [9.17, 15) is 5.11 Å². The quantitative estimate of drug-likeness (QED) is 0.280. The van der Waals surface area contributed by atoms with Crippen LogP contribution in [0.15, 0.2) is 47.5 Å². The van der Waals surface area contributed by atoms with Gasteiger partial charge in [0.15, 0.2) is 5.96 Å². The molecule has 2 atom stereocenters. The molecule has 1 heterocycles. The molecule has 1 aromatic carbocycles. The fourth-order valence-electron chi connectivity index (χ4n) is 2.56. The minimum absolute atomic E-state index is 0. The Labute approximate surface area is 187 Å². The van der Waals surface area contributed by atoms with E-state index < -0.39 is 6.10 Å². The van der Waals surface area contributed by atoms with Crippen molar-refractivity contribution >= 4 is 52.9 Å². The Morgan fingerprint density at radius 2 is 1.89 bits per heavy atom. The van der Waals surface area contributed by atoms with Crippen LogP contribution in [-0.4, -0.2) is 49.7 Å². The predicted octanol–water partition coefficient (Wildman–Crippen LogP) is 3.91. The van der Waals surface area contributed by atoms with Gasteiger partial charge in [0.2, 0.25) is 0 Å². The number of guanidine groups is 1. The van der Waals surface area contributed by atoms with E-state index in [2.05, 4.69) is 41.8 Å². The Morgan fingerprint density at radius 3 is 2.44 bits per heavy atom. The minimum Gasteiger partial charge on any atom is -0.386 e. The van der Waals surface area contributed by atoms with Gasteiger partial charge in [-0.05, 0) is 38.7 Å². The summed E-state index contributed by atoms with van der Waals surface area (Å²) in [5.74, 6) is 0.692. The summed E-state index contributed by atoms with van der Waals surface area (Å²) in [6.07, 6.45) is -0.616. The molecule has 0 bridgehead atoms. The average molecular weight is 523 g/mol. The molecular weight excluding hydrogens is 495 g/mol. The van der Waals surface area contributed by atoms with E-state index in [1.807, 2.05) is 31.2 Å². The summed E-state index contributed by atoms with van der Waals surface area (Å²) in [4.78, 5) is 7.70. The second-order valence-corrected chi connectivity index (χ2v) is 7.89. The molecule has 0 saturated heterocycles. The van der Waals surface area contributed by atoms with Gasteiger partial charge in [-0.25, -0.2) is 0 Å². The van der Waals surface area contributed by atoms with Crippen molar-refractivity contribution in [2.24, 2.45) is 4.99 Å². The van der Waals surface area contributed by atoms with Gasteiger partial charge in [-0.3, -0.25) is 4.99 Å². The van der Waals surface area contributed by atoms with Crippen LogP contribution in [0.5, 0.6) is 0 Å². The van der Waals surface area contributed by atoms with Gasteiger partial charge in [0.1, 0.15) is 6.10 Å². The van der Waals surface area contributed by atoms with Crippen LogP contribution < -0.4 is 10.6 Å². The van der Waals surface area contributed by atoms with Crippen molar-refractivity contribution in [3.8, 4) is 0 Å². The molecule has 0 aliphatic heterocycles. The number of aliphatic hydroxyl groups is 1. The summed E-state index contributed by atoms with van der Waals surface area (Å²) < 4.78 is 0.677. The second-order valence-electron chi connectivity index (χ2n) is 6.15. The van der Waals surface area contributed by atoms with Crippen molar-refractivity contribution in [2.75, 3.05) is 33.7 Å². The Morgan fingerprint density at radius 1 is 1.19 bits per heavy atom. The fourth-order valence-corrected chi connectivity index (χ4v) is 3.61. The van der Waals surface area contributed by atoms with Gasteiger partial charge < -0.3 is 20.6 Å². The van der Waals surface area contributed by atoms with Crippen LogP contribution in [0.25, 0.3) is 0 Å². The summed E-state index contributed by atoms with van der Waals surface area (Å²) in [6, 6.07) is 14.2. The SMILES string of the molecule is CCNC(=NCC(c1ccccc1)N(C)C)NCC(O)c1ccc(Cl)s1.I. The van der Waals surface area contributed by atoms with Crippen molar-refractivity contribution < 1.29 is 5.11 Å². The molecule has 0 amide bonds. The van der Waals surface area contributed by atoms with Gasteiger partial charge in [0.25, 0.3) is 0 Å². The van der Waals surface area contributed by atoms with E-state index in [0.717, 1.165) is 11.4 Å². The second kappa shape index (κ2) is 12.6. The van der Waals surface area contributed by atoms with Crippen molar-refractivity contribution in [1.29, 1.82) is 0 Å². The number of thiophene rings is 1. The van der Waals surface area contributed by atoms with Gasteiger partial charge >= 0.3 is 0 Å². The number of hydrogen-bond acceptors (Lipinski definition) is 4. The highest BCUT2D eigenvalue weighted by Crippen LogP contribution is 2.26. The maximum atomic E-state index is 10.3. The minimum atomic E-state index is -0.616. The monoisotopic (exact) mass is 522 g/mol. The molecule has 8 heteroatoms. The molecule has 0 aliphatic carbocycles. The third kappa shape index (κ3) is 7.95. The van der Waals surface area contributed by atoms with Crippen LogP contribution in [-0.2, 0) is 0 Å². The number of halogens is 2. The van der Waals surface area contributed by atoms with Crippen molar-refractivity contribution in [3.63, 3.8) is 0 Å². The Hall–Kier alpha value is -0.870. The van der Waals surface area contributed by atoms with Crippen LogP contribution in [0.4, 0.5) is 0 Å². The summed E-state index contributed by atoms with van der Waals surface area (Å²) in [6.45, 7) is 3.77. The standard InChI is InChI=1S/C19H27ClN4OS.HI/c1-4-21-19(23-13-16(25)17-10-11-18(20)26-17)22-12-15(24(2)3)14-8-6-5-7-9-14;/h5-11,15-16,25H,4,12-13H2,1-3H3,(H2,21,22,23);1H. The molecule has 2 aromatic rings. The lowest BCUT2D eigenvalue weighted by Crippen LogP contribution is -2.40. The molecule has 0 radical (unpaired) electrons. The Bertz CT molecular complexity index is 696. The van der Waals surface area contributed by atoms with Crippen LogP contribution in [0.1, 0.15) is 29.5 Å². The number of nitrogens with one attached hydrogen (secondary N) is 2. The molecule has 3 N–H and O–H groups in total. The first-order chi connectivity index (χ1) is 12.5. The van der Waals surface area contributed by atoms with Gasteiger partial charge in [-0.1, -0.05) is 41.9 Å². The van der Waals surface area contributed by atoms with Gasteiger partial charge in [0, 0.05) is 18.0 Å². The molecule has 2 rings (SSSR count). The average Bonchev–Trinajstić information content (AvgIpc) is 3.06. The third-order valence-corrected chi connectivity index (χ3v) is 5.29. The topological polar surface area (TPSA) is 59.9 Å². The zero-order chi connectivity index (χ0) is 18.9. The number of benzene rings is 1. The van der Waals surface area contributed by atoms with Gasteiger partial charge in [0.05, 0.1) is 16.9 Å². The molecule has 150 valence electrons. The summed E-state index contributed by atoms with van der Waals surface area (Å²) in [5.41, 5.74) is 1.23. The predicted molar refractivity (Wildman–Crippen MR) is 127 cm³/mol. The van der Waals surface area contributed by atoms with Gasteiger partial charge in [-0.15, -0.1) is 35.3 Å². The number of rotatable bonds is 8. The van der Waals surface area contributed by atoms with Crippen molar-refractivity contribution in [1.82, 2.24) is 15.5 Å². The smallest absolute Gasteiger partial charge is 0.191 e. The highest BCUT2D eigenvalue weighted by molar-refractivity contribution is 14.0. The first-order valence-electron chi connectivity index (χ1n) is 8.68. The maximum absolute atomic E-state index is 10.3. The molecule has 5 nitrogen and oxygen atoms in total. The van der Waals surface area contributed by atoms with Gasteiger partial charge in [-0.2, -0.15) is 0 Å². The number of nitrogens with zero attached hydrogens (tertiary/aromatic N) is 2. The summed E-state index contributed by atoms with van der Waals surface area (Å²) in [5, 5.41) is 16.7. The number of hydrogen-bond donors (Lipinski definition) is 3. The number of aliphatic hydroxyl groups excluding tert-OH is 1. The lowest BCUT2D eigenvalue weighted by Gasteiger charge is -2.24. The van der Waals surface area contributed by atoms with E-state index in [-0.39, 0.29) is 30.0 Å². The van der Waals surface area contributed by atoms with Crippen LogP contribution in [0, 0.1) is 0 Å². The molecule has 27 heavy (non-hydrogen) atoms. The Balaban J connectivity index is 0.00000364. The van der Waals surface area contributed by atoms with Crippen LogP contribution >= 0.6 is 46.9 Å². The van der Waals surface area contributed by atoms with E-state index in [4.69, 9.17) is 16.6 Å². The molecule has 0 spiro atoms. The lowest BCUT2D eigenvalue weighted by atomic mass is 10.1. The molecule has 0 aliphatic rings. The first-order valence-corrected chi connectivity index (χ1v) is 9.87. The van der Waals surface area contributed by atoms with E-state index in [1.165, 1.54) is 16.9 Å². The maximum Gasteiger partial charge on any atom is 0.191 e. The van der Waals surface area contributed by atoms with E-state index in [1.54, 1.807) is 6.07 Å². The molecule has 1 aromatic heterocycles. The first kappa shape index (κ1) is 24.2. The number of aliphatic imine (C=N–C) groups is 1. The molecule has 0 saturated carbocycles. The summed E-state index contributed by atoms with van der Waals surface area (Å²) in [7, 11) is 4.11. The van der Waals surface area contributed by atoms with Crippen LogP contribution in [0.3, 0.4) is 0 Å². The lowest BCUT2D eigenvalue weighted by molar-refractivity contribution is 0.184. The third-order valence-electron chi connectivity index (χ3n) is 3.96. The molecule has 0 fully saturated rings. The van der Waals surface area contributed by atoms with Crippen molar-refractivity contribution in [2.45, 2.75) is 19.1 Å². The molecule has 2 unspecified atom stereocenters. The van der Waals surface area contributed by atoms with E-state index >= 15 is 0 Å². The zero-order valence-electron chi connectivity index (χ0n) is 15.9. The highest BCUT2D eigenvalue weighted by Gasteiger charge is 2.14. The summed E-state index contributed by atoms with van der Waals surface area (Å²) >= 11 is 7.32. The Kier molecular flexibility index (Phi) is 11.2. The van der Waals surface area contributed by atoms with Crippen molar-refractivity contribution in [3.05, 3.63) is 57.2 Å². The molecular formula is C19H28ClIN4OS. The highest BCUT2D eigenvalue weighted by atomic mass is 127.